The Hall–Kier alpha value is -1.07. The zero-order chi connectivity index (χ0) is 13.4. The normalized spacial score (nSPS) is 12.2. The summed E-state index contributed by atoms with van der Waals surface area (Å²) in [5.41, 5.74) is 0.694. The summed E-state index contributed by atoms with van der Waals surface area (Å²) >= 11 is 1.59. The van der Waals surface area contributed by atoms with E-state index >= 15 is 0 Å². The molecule has 1 aromatic carbocycles. The Balaban J connectivity index is 2.16. The summed E-state index contributed by atoms with van der Waals surface area (Å²) in [4.78, 5) is 11.4. The van der Waals surface area contributed by atoms with E-state index in [0.29, 0.717) is 17.9 Å². The van der Waals surface area contributed by atoms with E-state index in [1.54, 1.807) is 30.8 Å². The number of methoxy groups -OCH3 is 1. The number of rotatable bonds is 7. The maximum absolute atomic E-state index is 13.3. The molecule has 0 aliphatic carbocycles. The number of ether oxygens (including phenoxy) is 1. The van der Waals surface area contributed by atoms with Crippen molar-refractivity contribution in [3.8, 4) is 0 Å². The van der Waals surface area contributed by atoms with Gasteiger partial charge in [0.15, 0.2) is 0 Å². The maximum atomic E-state index is 13.3. The second kappa shape index (κ2) is 8.11. The highest BCUT2D eigenvalue weighted by molar-refractivity contribution is 7.98. The zero-order valence-corrected chi connectivity index (χ0v) is 11.4. The van der Waals surface area contributed by atoms with Gasteiger partial charge in [-0.3, -0.25) is 4.79 Å². The van der Waals surface area contributed by atoms with Crippen LogP contribution in [0.5, 0.6) is 0 Å². The summed E-state index contributed by atoms with van der Waals surface area (Å²) in [5, 5.41) is 2.76. The summed E-state index contributed by atoms with van der Waals surface area (Å²) in [6.07, 6.45) is -0.429. The molecule has 1 amide bonds. The summed E-state index contributed by atoms with van der Waals surface area (Å²) in [6, 6.07) is 6.72. The molecular weight excluding hydrogens is 253 g/mol. The topological polar surface area (TPSA) is 38.3 Å². The van der Waals surface area contributed by atoms with Crippen LogP contribution in [0.4, 0.5) is 4.39 Å². The van der Waals surface area contributed by atoms with E-state index in [2.05, 4.69) is 5.32 Å². The van der Waals surface area contributed by atoms with Crippen molar-refractivity contribution in [2.75, 3.05) is 19.4 Å². The number of amides is 1. The average molecular weight is 271 g/mol. The van der Waals surface area contributed by atoms with Gasteiger partial charge in [0.1, 0.15) is 11.9 Å². The van der Waals surface area contributed by atoms with E-state index in [1.807, 2.05) is 6.07 Å². The quantitative estimate of drug-likeness (QED) is 0.773. The lowest BCUT2D eigenvalue weighted by atomic mass is 10.2. The first kappa shape index (κ1) is 15.0. The Labute approximate surface area is 111 Å². The molecule has 0 fully saturated rings. The van der Waals surface area contributed by atoms with Gasteiger partial charge in [-0.15, -0.1) is 0 Å². The van der Waals surface area contributed by atoms with E-state index in [-0.39, 0.29) is 11.7 Å². The summed E-state index contributed by atoms with van der Waals surface area (Å²) < 4.78 is 18.2. The lowest BCUT2D eigenvalue weighted by molar-refractivity contribution is -0.129. The molecule has 5 heteroatoms. The standard InChI is InChI=1S/C13H18FNO2S/c1-10(17-2)13(16)15-7-8-18-9-11-5-3-4-6-12(11)14/h3-6,10H,7-9H2,1-2H3,(H,15,16). The molecular formula is C13H18FNO2S. The molecule has 18 heavy (non-hydrogen) atoms. The molecule has 100 valence electrons. The van der Waals surface area contributed by atoms with Crippen molar-refractivity contribution in [1.82, 2.24) is 5.32 Å². The summed E-state index contributed by atoms with van der Waals surface area (Å²) in [6.45, 7) is 2.26. The van der Waals surface area contributed by atoms with Crippen LogP contribution in [-0.4, -0.2) is 31.4 Å². The van der Waals surface area contributed by atoms with Crippen molar-refractivity contribution in [2.45, 2.75) is 18.8 Å². The van der Waals surface area contributed by atoms with Crippen LogP contribution in [-0.2, 0) is 15.3 Å². The smallest absolute Gasteiger partial charge is 0.248 e. The van der Waals surface area contributed by atoms with Gasteiger partial charge in [0, 0.05) is 25.2 Å². The Morgan fingerprint density at radius 2 is 2.22 bits per heavy atom. The van der Waals surface area contributed by atoms with E-state index in [9.17, 15) is 9.18 Å². The molecule has 0 radical (unpaired) electrons. The number of halogens is 1. The largest absolute Gasteiger partial charge is 0.372 e. The van der Waals surface area contributed by atoms with Crippen molar-refractivity contribution < 1.29 is 13.9 Å². The van der Waals surface area contributed by atoms with Gasteiger partial charge in [-0.1, -0.05) is 18.2 Å². The minimum Gasteiger partial charge on any atom is -0.372 e. The Bertz CT molecular complexity index is 387. The number of benzene rings is 1. The first-order valence-electron chi connectivity index (χ1n) is 5.76. The molecule has 1 rings (SSSR count). The van der Waals surface area contributed by atoms with Crippen LogP contribution in [0.25, 0.3) is 0 Å². The van der Waals surface area contributed by atoms with E-state index < -0.39 is 6.10 Å². The molecule has 1 N–H and O–H groups in total. The number of carbonyl (C=O) groups excluding carboxylic acids is 1. The highest BCUT2D eigenvalue weighted by Crippen LogP contribution is 2.14. The Morgan fingerprint density at radius 1 is 1.50 bits per heavy atom. The summed E-state index contributed by atoms with van der Waals surface area (Å²) in [5.74, 6) is 1.06. The van der Waals surface area contributed by atoms with Gasteiger partial charge in [0.2, 0.25) is 5.91 Å². The number of carbonyl (C=O) groups is 1. The second-order valence-electron chi connectivity index (χ2n) is 3.81. The van der Waals surface area contributed by atoms with Crippen LogP contribution in [0.3, 0.4) is 0 Å². The summed E-state index contributed by atoms with van der Waals surface area (Å²) in [7, 11) is 1.50. The van der Waals surface area contributed by atoms with Crippen molar-refractivity contribution in [2.24, 2.45) is 0 Å². The predicted octanol–water partition coefficient (Wildman–Crippen LogP) is 2.21. The van der Waals surface area contributed by atoms with E-state index in [1.165, 1.54) is 13.2 Å². The van der Waals surface area contributed by atoms with E-state index in [4.69, 9.17) is 4.74 Å². The van der Waals surface area contributed by atoms with Crippen LogP contribution in [0, 0.1) is 5.82 Å². The molecule has 1 aromatic rings. The number of hydrogen-bond acceptors (Lipinski definition) is 3. The molecule has 0 aromatic heterocycles. The first-order chi connectivity index (χ1) is 8.65. The van der Waals surface area contributed by atoms with Crippen molar-refractivity contribution in [3.05, 3.63) is 35.6 Å². The molecule has 3 nitrogen and oxygen atoms in total. The third kappa shape index (κ3) is 5.06. The number of nitrogens with one attached hydrogen (secondary N) is 1. The Morgan fingerprint density at radius 3 is 2.89 bits per heavy atom. The average Bonchev–Trinajstić information content (AvgIpc) is 2.39. The minimum absolute atomic E-state index is 0.121. The van der Waals surface area contributed by atoms with Gasteiger partial charge in [-0.2, -0.15) is 11.8 Å². The van der Waals surface area contributed by atoms with E-state index in [0.717, 1.165) is 5.75 Å². The molecule has 0 saturated carbocycles. The van der Waals surface area contributed by atoms with Gasteiger partial charge in [-0.05, 0) is 18.6 Å². The molecule has 0 aliphatic heterocycles. The molecule has 0 aliphatic rings. The molecule has 0 heterocycles. The third-order valence-electron chi connectivity index (χ3n) is 2.48. The van der Waals surface area contributed by atoms with Gasteiger partial charge < -0.3 is 10.1 Å². The third-order valence-corrected chi connectivity index (χ3v) is 3.49. The fourth-order valence-electron chi connectivity index (χ4n) is 1.29. The van der Waals surface area contributed by atoms with Crippen LogP contribution < -0.4 is 5.32 Å². The maximum Gasteiger partial charge on any atom is 0.248 e. The Kier molecular flexibility index (Phi) is 6.75. The number of thioether (sulfide) groups is 1. The van der Waals surface area contributed by atoms with Crippen LogP contribution in [0.1, 0.15) is 12.5 Å². The van der Waals surface area contributed by atoms with Crippen LogP contribution >= 0.6 is 11.8 Å². The van der Waals surface area contributed by atoms with Crippen LogP contribution in [0.15, 0.2) is 24.3 Å². The highest BCUT2D eigenvalue weighted by Gasteiger charge is 2.09. The number of hydrogen-bond donors (Lipinski definition) is 1. The minimum atomic E-state index is -0.429. The van der Waals surface area contributed by atoms with Crippen LogP contribution in [0.2, 0.25) is 0 Å². The van der Waals surface area contributed by atoms with Gasteiger partial charge in [-0.25, -0.2) is 4.39 Å². The lowest BCUT2D eigenvalue weighted by Gasteiger charge is -2.10. The molecule has 0 saturated heterocycles. The van der Waals surface area contributed by atoms with Gasteiger partial charge in [0.05, 0.1) is 0 Å². The van der Waals surface area contributed by atoms with Gasteiger partial charge >= 0.3 is 0 Å². The second-order valence-corrected chi connectivity index (χ2v) is 4.92. The van der Waals surface area contributed by atoms with Crippen molar-refractivity contribution in [3.63, 3.8) is 0 Å². The molecule has 0 spiro atoms. The molecule has 1 atom stereocenters. The zero-order valence-electron chi connectivity index (χ0n) is 10.6. The monoisotopic (exact) mass is 271 g/mol. The van der Waals surface area contributed by atoms with Crippen molar-refractivity contribution in [1.29, 1.82) is 0 Å². The highest BCUT2D eigenvalue weighted by atomic mass is 32.2. The predicted molar refractivity (Wildman–Crippen MR) is 72.0 cm³/mol. The van der Waals surface area contributed by atoms with Gasteiger partial charge in [0.25, 0.3) is 0 Å². The van der Waals surface area contributed by atoms with Crippen molar-refractivity contribution >= 4 is 17.7 Å². The fourth-order valence-corrected chi connectivity index (χ4v) is 2.14. The fraction of sp³-hybridized carbons (Fsp3) is 0.462. The lowest BCUT2D eigenvalue weighted by Crippen LogP contribution is -2.35. The molecule has 0 bridgehead atoms. The molecule has 1 unspecified atom stereocenters. The SMILES string of the molecule is COC(C)C(=O)NCCSCc1ccccc1F. The first-order valence-corrected chi connectivity index (χ1v) is 6.92.